The minimum absolute atomic E-state index is 0.679. The molecule has 1 aliphatic carbocycles. The molecule has 0 amide bonds. The highest BCUT2D eigenvalue weighted by atomic mass is 32.2. The average molecular weight is 266 g/mol. The Bertz CT molecular complexity index is 381. The molecular formula is C14H22N2OS. The van der Waals surface area contributed by atoms with Crippen LogP contribution in [0.4, 0.5) is 0 Å². The van der Waals surface area contributed by atoms with Gasteiger partial charge in [0.15, 0.2) is 0 Å². The lowest BCUT2D eigenvalue weighted by atomic mass is 9.99. The fraction of sp³-hybridized carbons (Fsp3) is 0.786. The van der Waals surface area contributed by atoms with Crippen LogP contribution in [0.3, 0.4) is 0 Å². The molecule has 4 heteroatoms. The number of hydrogen-bond acceptors (Lipinski definition) is 4. The van der Waals surface area contributed by atoms with Crippen LogP contribution in [-0.2, 0) is 6.54 Å². The molecule has 0 N–H and O–H groups in total. The van der Waals surface area contributed by atoms with Crippen LogP contribution in [0.25, 0.3) is 0 Å². The highest BCUT2D eigenvalue weighted by Gasteiger charge is 2.28. The fourth-order valence-electron chi connectivity index (χ4n) is 2.74. The summed E-state index contributed by atoms with van der Waals surface area (Å²) < 4.78 is 5.41. The van der Waals surface area contributed by atoms with E-state index >= 15 is 0 Å². The van der Waals surface area contributed by atoms with E-state index in [9.17, 15) is 0 Å². The summed E-state index contributed by atoms with van der Waals surface area (Å²) in [7, 11) is 0. The molecule has 2 fully saturated rings. The monoisotopic (exact) mass is 266 g/mol. The SMILES string of the molecule is CSCC1CCN(Cc2cc(C3CC3)on2)CC1. The summed E-state index contributed by atoms with van der Waals surface area (Å²) >= 11 is 1.98. The summed E-state index contributed by atoms with van der Waals surface area (Å²) in [4.78, 5) is 2.52. The van der Waals surface area contributed by atoms with Crippen LogP contribution in [0.1, 0.15) is 43.1 Å². The average Bonchev–Trinajstić information content (AvgIpc) is 3.13. The zero-order valence-electron chi connectivity index (χ0n) is 11.1. The second kappa shape index (κ2) is 5.66. The first-order chi connectivity index (χ1) is 8.85. The van der Waals surface area contributed by atoms with E-state index in [-0.39, 0.29) is 0 Å². The fourth-order valence-corrected chi connectivity index (χ4v) is 3.54. The molecule has 3 nitrogen and oxygen atoms in total. The summed E-state index contributed by atoms with van der Waals surface area (Å²) in [5.41, 5.74) is 1.13. The molecule has 1 saturated heterocycles. The molecular weight excluding hydrogens is 244 g/mol. The Morgan fingerprint density at radius 3 is 2.78 bits per heavy atom. The molecule has 18 heavy (non-hydrogen) atoms. The Kier molecular flexibility index (Phi) is 3.94. The number of thioether (sulfide) groups is 1. The standard InChI is InChI=1S/C14H22N2OS/c1-18-10-11-4-6-16(7-5-11)9-13-8-14(17-15-13)12-2-3-12/h8,11-12H,2-7,9-10H2,1H3. The van der Waals surface area contributed by atoms with Gasteiger partial charge in [-0.15, -0.1) is 0 Å². The van der Waals surface area contributed by atoms with Crippen LogP contribution < -0.4 is 0 Å². The lowest BCUT2D eigenvalue weighted by Gasteiger charge is -2.30. The van der Waals surface area contributed by atoms with Gasteiger partial charge in [-0.2, -0.15) is 11.8 Å². The van der Waals surface area contributed by atoms with Gasteiger partial charge in [-0.3, -0.25) is 4.90 Å². The lowest BCUT2D eigenvalue weighted by molar-refractivity contribution is 0.182. The van der Waals surface area contributed by atoms with Crippen molar-refractivity contribution in [3.05, 3.63) is 17.5 Å². The predicted octanol–water partition coefficient (Wildman–Crippen LogP) is 3.13. The van der Waals surface area contributed by atoms with Crippen molar-refractivity contribution >= 4 is 11.8 Å². The van der Waals surface area contributed by atoms with E-state index in [2.05, 4.69) is 22.4 Å². The second-order valence-electron chi connectivity index (χ2n) is 5.67. The minimum atomic E-state index is 0.679. The third kappa shape index (κ3) is 3.09. The van der Waals surface area contributed by atoms with E-state index < -0.39 is 0 Å². The van der Waals surface area contributed by atoms with Gasteiger partial charge in [-0.1, -0.05) is 5.16 Å². The second-order valence-corrected chi connectivity index (χ2v) is 6.58. The molecule has 100 valence electrons. The van der Waals surface area contributed by atoms with Crippen LogP contribution in [0.5, 0.6) is 0 Å². The van der Waals surface area contributed by atoms with Crippen molar-refractivity contribution in [1.82, 2.24) is 10.1 Å². The van der Waals surface area contributed by atoms with E-state index in [4.69, 9.17) is 4.52 Å². The highest BCUT2D eigenvalue weighted by molar-refractivity contribution is 7.98. The quantitative estimate of drug-likeness (QED) is 0.819. The molecule has 1 saturated carbocycles. The molecule has 0 aromatic carbocycles. The minimum Gasteiger partial charge on any atom is -0.361 e. The molecule has 1 aromatic rings. The summed E-state index contributed by atoms with van der Waals surface area (Å²) in [5, 5.41) is 4.21. The van der Waals surface area contributed by atoms with Gasteiger partial charge >= 0.3 is 0 Å². The Labute approximate surface area is 113 Å². The number of rotatable bonds is 5. The van der Waals surface area contributed by atoms with E-state index in [1.807, 2.05) is 11.8 Å². The van der Waals surface area contributed by atoms with Gasteiger partial charge in [0.2, 0.25) is 0 Å². The maximum atomic E-state index is 5.41. The number of nitrogens with zero attached hydrogens (tertiary/aromatic N) is 2. The highest BCUT2D eigenvalue weighted by Crippen LogP contribution is 2.40. The van der Waals surface area contributed by atoms with E-state index in [1.165, 1.54) is 44.5 Å². The third-order valence-corrected chi connectivity index (χ3v) is 4.86. The first-order valence-corrected chi connectivity index (χ1v) is 8.41. The normalized spacial score (nSPS) is 22.5. The van der Waals surface area contributed by atoms with Crippen LogP contribution >= 0.6 is 11.8 Å². The van der Waals surface area contributed by atoms with Crippen molar-refractivity contribution in [2.24, 2.45) is 5.92 Å². The summed E-state index contributed by atoms with van der Waals surface area (Å²) in [6.45, 7) is 3.41. The van der Waals surface area contributed by atoms with Crippen LogP contribution in [0.2, 0.25) is 0 Å². The lowest BCUT2D eigenvalue weighted by Crippen LogP contribution is -2.34. The third-order valence-electron chi connectivity index (χ3n) is 4.05. The Balaban J connectivity index is 1.47. The van der Waals surface area contributed by atoms with Gasteiger partial charge in [0, 0.05) is 18.5 Å². The molecule has 1 aliphatic heterocycles. The van der Waals surface area contributed by atoms with Crippen LogP contribution in [-0.4, -0.2) is 35.2 Å². The topological polar surface area (TPSA) is 29.3 Å². The van der Waals surface area contributed by atoms with Crippen molar-refractivity contribution < 1.29 is 4.52 Å². The van der Waals surface area contributed by atoms with Crippen molar-refractivity contribution in [2.75, 3.05) is 25.1 Å². The Morgan fingerprint density at radius 1 is 1.33 bits per heavy atom. The summed E-state index contributed by atoms with van der Waals surface area (Å²) in [5.74, 6) is 4.04. The Hall–Kier alpha value is -0.480. The summed E-state index contributed by atoms with van der Waals surface area (Å²) in [6, 6.07) is 2.17. The van der Waals surface area contributed by atoms with Crippen molar-refractivity contribution in [3.8, 4) is 0 Å². The van der Waals surface area contributed by atoms with Crippen molar-refractivity contribution in [1.29, 1.82) is 0 Å². The van der Waals surface area contributed by atoms with Gasteiger partial charge in [0.25, 0.3) is 0 Å². The molecule has 2 heterocycles. The van der Waals surface area contributed by atoms with Gasteiger partial charge in [0.05, 0.1) is 5.69 Å². The molecule has 0 unspecified atom stereocenters. The van der Waals surface area contributed by atoms with E-state index in [0.29, 0.717) is 5.92 Å². The van der Waals surface area contributed by atoms with E-state index in [0.717, 1.165) is 23.9 Å². The van der Waals surface area contributed by atoms with Crippen molar-refractivity contribution in [3.63, 3.8) is 0 Å². The first-order valence-electron chi connectivity index (χ1n) is 7.02. The molecule has 0 spiro atoms. The maximum Gasteiger partial charge on any atom is 0.140 e. The largest absolute Gasteiger partial charge is 0.361 e. The smallest absolute Gasteiger partial charge is 0.140 e. The molecule has 0 bridgehead atoms. The van der Waals surface area contributed by atoms with Crippen LogP contribution in [0, 0.1) is 5.92 Å². The van der Waals surface area contributed by atoms with Crippen molar-refractivity contribution in [2.45, 2.75) is 38.1 Å². The number of aromatic nitrogens is 1. The predicted molar refractivity (Wildman–Crippen MR) is 74.9 cm³/mol. The van der Waals surface area contributed by atoms with Gasteiger partial charge in [0.1, 0.15) is 5.76 Å². The van der Waals surface area contributed by atoms with Gasteiger partial charge < -0.3 is 4.52 Å². The molecule has 0 atom stereocenters. The zero-order valence-corrected chi connectivity index (χ0v) is 11.9. The molecule has 3 rings (SSSR count). The number of piperidine rings is 1. The zero-order chi connectivity index (χ0) is 12.4. The molecule has 1 aromatic heterocycles. The number of likely N-dealkylation sites (tertiary alicyclic amines) is 1. The maximum absolute atomic E-state index is 5.41. The molecule has 2 aliphatic rings. The molecule has 0 radical (unpaired) electrons. The Morgan fingerprint density at radius 2 is 2.11 bits per heavy atom. The van der Waals surface area contributed by atoms with Crippen LogP contribution in [0.15, 0.2) is 10.6 Å². The van der Waals surface area contributed by atoms with E-state index in [1.54, 1.807) is 0 Å². The first kappa shape index (κ1) is 12.5. The number of hydrogen-bond donors (Lipinski definition) is 0. The van der Waals surface area contributed by atoms with Gasteiger partial charge in [-0.05, 0) is 56.7 Å². The summed E-state index contributed by atoms with van der Waals surface area (Å²) in [6.07, 6.45) is 7.47. The van der Waals surface area contributed by atoms with Gasteiger partial charge in [-0.25, -0.2) is 0 Å².